The third-order valence-electron chi connectivity index (χ3n) is 3.54. The second kappa shape index (κ2) is 8.81. The number of methoxy groups -OCH3 is 1. The van der Waals surface area contributed by atoms with Crippen LogP contribution in [0.2, 0.25) is 0 Å². The fourth-order valence-corrected chi connectivity index (χ4v) is 2.97. The van der Waals surface area contributed by atoms with Gasteiger partial charge in [-0.25, -0.2) is 0 Å². The van der Waals surface area contributed by atoms with Gasteiger partial charge in [-0.1, -0.05) is 6.58 Å². The Balaban J connectivity index is 1.91. The number of hydrogen-bond acceptors (Lipinski definition) is 3. The van der Waals surface area contributed by atoms with Gasteiger partial charge in [-0.3, -0.25) is 0 Å². The molecule has 0 aliphatic rings. The van der Waals surface area contributed by atoms with Gasteiger partial charge in [0.2, 0.25) is 0 Å². The molecule has 0 heterocycles. The average Bonchev–Trinajstić information content (AvgIpc) is 2.63. The van der Waals surface area contributed by atoms with Crippen LogP contribution >= 0.6 is 11.8 Å². The van der Waals surface area contributed by atoms with E-state index in [2.05, 4.69) is 6.58 Å². The molecule has 0 aliphatic carbocycles. The Bertz CT molecular complexity index is 813. The van der Waals surface area contributed by atoms with Gasteiger partial charge in [-0.05, 0) is 48.0 Å². The lowest BCUT2D eigenvalue weighted by Crippen LogP contribution is -2.08. The van der Waals surface area contributed by atoms with Crippen molar-refractivity contribution in [1.29, 1.82) is 0 Å². The highest BCUT2D eigenvalue weighted by atomic mass is 32.2. The molecule has 0 saturated heterocycles. The Labute approximate surface area is 162 Å². The number of hydrogen-bond donors (Lipinski definition) is 0. The van der Waals surface area contributed by atoms with E-state index >= 15 is 0 Å². The molecule has 152 valence electrons. The van der Waals surface area contributed by atoms with E-state index < -0.39 is 23.5 Å². The van der Waals surface area contributed by atoms with Crippen molar-refractivity contribution in [3.63, 3.8) is 0 Å². The normalized spacial score (nSPS) is 12.0. The molecular formula is C19H16F6O2S. The lowest BCUT2D eigenvalue weighted by molar-refractivity contribution is -0.139. The van der Waals surface area contributed by atoms with Crippen LogP contribution in [0.5, 0.6) is 11.5 Å². The first-order valence-electron chi connectivity index (χ1n) is 7.85. The van der Waals surface area contributed by atoms with Crippen molar-refractivity contribution in [1.82, 2.24) is 0 Å². The molecule has 2 aromatic rings. The summed E-state index contributed by atoms with van der Waals surface area (Å²) in [5.74, 6) is 0.258. The van der Waals surface area contributed by atoms with Crippen molar-refractivity contribution >= 4 is 11.8 Å². The largest absolute Gasteiger partial charge is 0.496 e. The van der Waals surface area contributed by atoms with E-state index in [4.69, 9.17) is 9.47 Å². The van der Waals surface area contributed by atoms with E-state index in [1.165, 1.54) is 24.3 Å². The maximum atomic E-state index is 13.0. The number of rotatable bonds is 7. The first-order chi connectivity index (χ1) is 13.0. The highest BCUT2D eigenvalue weighted by Crippen LogP contribution is 2.38. The molecule has 2 rings (SSSR count). The van der Waals surface area contributed by atoms with Crippen LogP contribution in [-0.2, 0) is 12.4 Å². The topological polar surface area (TPSA) is 18.5 Å². The maximum absolute atomic E-state index is 13.0. The number of benzene rings is 2. The fraction of sp³-hybridized carbons (Fsp3) is 0.263. The standard InChI is InChI=1S/C19H16F6O2S/c1-12(10-27-14-5-3-13(4-6-14)18(20,21)22)11-28-15-7-8-17(26-2)16(9-15)19(23,24)25/h3-9H,1,10-11H2,2H3. The van der Waals surface area contributed by atoms with Crippen molar-refractivity contribution < 1.29 is 35.8 Å². The van der Waals surface area contributed by atoms with Crippen molar-refractivity contribution in [2.24, 2.45) is 0 Å². The average molecular weight is 422 g/mol. The third kappa shape index (κ3) is 6.12. The number of ether oxygens (including phenoxy) is 2. The lowest BCUT2D eigenvalue weighted by Gasteiger charge is -2.14. The van der Waals surface area contributed by atoms with Crippen LogP contribution < -0.4 is 9.47 Å². The number of halogens is 6. The van der Waals surface area contributed by atoms with Gasteiger partial charge in [0.05, 0.1) is 18.2 Å². The smallest absolute Gasteiger partial charge is 0.420 e. The molecule has 0 aromatic heterocycles. The van der Waals surface area contributed by atoms with Crippen molar-refractivity contribution in [3.05, 3.63) is 65.7 Å². The number of alkyl halides is 6. The van der Waals surface area contributed by atoms with Crippen LogP contribution in [0.25, 0.3) is 0 Å². The molecule has 28 heavy (non-hydrogen) atoms. The van der Waals surface area contributed by atoms with Gasteiger partial charge in [-0.15, -0.1) is 11.8 Å². The van der Waals surface area contributed by atoms with Crippen LogP contribution in [0.1, 0.15) is 11.1 Å². The lowest BCUT2D eigenvalue weighted by atomic mass is 10.2. The molecule has 0 unspecified atom stereocenters. The number of thioether (sulfide) groups is 1. The van der Waals surface area contributed by atoms with Gasteiger partial charge in [0.25, 0.3) is 0 Å². The molecule has 0 saturated carbocycles. The van der Waals surface area contributed by atoms with Gasteiger partial charge in [0.15, 0.2) is 0 Å². The van der Waals surface area contributed by atoms with Gasteiger partial charge < -0.3 is 9.47 Å². The second-order valence-electron chi connectivity index (χ2n) is 5.71. The molecule has 0 N–H and O–H groups in total. The Morgan fingerprint density at radius 1 is 0.964 bits per heavy atom. The molecule has 2 nitrogen and oxygen atoms in total. The second-order valence-corrected chi connectivity index (χ2v) is 6.76. The van der Waals surface area contributed by atoms with Crippen LogP contribution in [-0.4, -0.2) is 19.5 Å². The predicted octanol–water partition coefficient (Wildman–Crippen LogP) is 6.46. The van der Waals surface area contributed by atoms with E-state index in [0.29, 0.717) is 10.5 Å². The van der Waals surface area contributed by atoms with Gasteiger partial charge >= 0.3 is 12.4 Å². The van der Waals surface area contributed by atoms with Crippen LogP contribution in [0, 0.1) is 0 Å². The van der Waals surface area contributed by atoms with Gasteiger partial charge in [-0.2, -0.15) is 26.3 Å². The summed E-state index contributed by atoms with van der Waals surface area (Å²) in [5.41, 5.74) is -1.09. The van der Waals surface area contributed by atoms with Crippen LogP contribution in [0.4, 0.5) is 26.3 Å². The summed E-state index contributed by atoms with van der Waals surface area (Å²) in [6.07, 6.45) is -8.96. The zero-order valence-electron chi connectivity index (χ0n) is 14.7. The molecule has 0 bridgehead atoms. The maximum Gasteiger partial charge on any atom is 0.420 e. The van der Waals surface area contributed by atoms with E-state index in [1.807, 2.05) is 0 Å². The summed E-state index contributed by atoms with van der Waals surface area (Å²) in [6.45, 7) is 3.80. The zero-order chi connectivity index (χ0) is 20.9. The van der Waals surface area contributed by atoms with Gasteiger partial charge in [0.1, 0.15) is 18.1 Å². The van der Waals surface area contributed by atoms with E-state index in [9.17, 15) is 26.3 Å². The minimum atomic E-state index is -4.54. The van der Waals surface area contributed by atoms with Crippen LogP contribution in [0.15, 0.2) is 59.5 Å². The molecular weight excluding hydrogens is 406 g/mol. The van der Waals surface area contributed by atoms with Crippen LogP contribution in [0.3, 0.4) is 0 Å². The first-order valence-corrected chi connectivity index (χ1v) is 8.84. The summed E-state index contributed by atoms with van der Waals surface area (Å²) in [5, 5.41) is 0. The van der Waals surface area contributed by atoms with Crippen molar-refractivity contribution in [3.8, 4) is 11.5 Å². The van der Waals surface area contributed by atoms with E-state index in [-0.39, 0.29) is 23.9 Å². The summed E-state index contributed by atoms with van der Waals surface area (Å²) in [4.78, 5) is 0.379. The fourth-order valence-electron chi connectivity index (χ4n) is 2.15. The van der Waals surface area contributed by atoms with Crippen molar-refractivity contribution in [2.75, 3.05) is 19.5 Å². The summed E-state index contributed by atoms with van der Waals surface area (Å²) < 4.78 is 86.7. The Morgan fingerprint density at radius 3 is 2.14 bits per heavy atom. The molecule has 0 amide bonds. The first kappa shape index (κ1) is 22.0. The Kier molecular flexibility index (Phi) is 6.92. The molecule has 0 atom stereocenters. The molecule has 0 radical (unpaired) electrons. The summed E-state index contributed by atoms with van der Waals surface area (Å²) in [6, 6.07) is 7.94. The quantitative estimate of drug-likeness (QED) is 0.290. The molecule has 0 spiro atoms. The summed E-state index contributed by atoms with van der Waals surface area (Å²) in [7, 11) is 1.16. The minimum absolute atomic E-state index is 0.0284. The predicted molar refractivity (Wildman–Crippen MR) is 94.8 cm³/mol. The zero-order valence-corrected chi connectivity index (χ0v) is 15.5. The monoisotopic (exact) mass is 422 g/mol. The Morgan fingerprint density at radius 2 is 1.61 bits per heavy atom. The van der Waals surface area contributed by atoms with Gasteiger partial charge in [0, 0.05) is 10.6 Å². The van der Waals surface area contributed by atoms with Crippen molar-refractivity contribution in [2.45, 2.75) is 17.2 Å². The molecule has 0 aliphatic heterocycles. The minimum Gasteiger partial charge on any atom is -0.496 e. The Hall–Kier alpha value is -2.29. The molecule has 9 heteroatoms. The third-order valence-corrected chi connectivity index (χ3v) is 4.68. The molecule has 0 fully saturated rings. The molecule has 2 aromatic carbocycles. The van der Waals surface area contributed by atoms with E-state index in [1.54, 1.807) is 0 Å². The SMILES string of the molecule is C=C(COc1ccc(C(F)(F)F)cc1)CSc1ccc(OC)c(C(F)(F)F)c1. The van der Waals surface area contributed by atoms with E-state index in [0.717, 1.165) is 37.1 Å². The summed E-state index contributed by atoms with van der Waals surface area (Å²) >= 11 is 1.14. The highest BCUT2D eigenvalue weighted by molar-refractivity contribution is 7.99. The highest BCUT2D eigenvalue weighted by Gasteiger charge is 2.34.